The highest BCUT2D eigenvalue weighted by Crippen LogP contribution is 2.21. The van der Waals surface area contributed by atoms with Crippen molar-refractivity contribution >= 4 is 22.8 Å². The van der Waals surface area contributed by atoms with E-state index in [1.807, 2.05) is 31.2 Å². The number of fused-ring (bicyclic) bond motifs is 1. The molecule has 90 valence electrons. The number of nitrogen functional groups attached to an aromatic ring is 1. The van der Waals surface area contributed by atoms with Gasteiger partial charge in [0.05, 0.1) is 12.1 Å². The highest BCUT2D eigenvalue weighted by molar-refractivity contribution is 5.94. The van der Waals surface area contributed by atoms with E-state index in [0.29, 0.717) is 12.4 Å². The number of carbonyl (C=O) groups is 1. The zero-order valence-corrected chi connectivity index (χ0v) is 9.85. The molecule has 0 aliphatic heterocycles. The number of aromatic nitrogens is 1. The number of benzene rings is 1. The molecule has 2 aromatic rings. The lowest BCUT2D eigenvalue weighted by Crippen LogP contribution is -2.16. The van der Waals surface area contributed by atoms with Crippen LogP contribution in [0.15, 0.2) is 30.3 Å². The molecule has 1 aromatic carbocycles. The summed E-state index contributed by atoms with van der Waals surface area (Å²) in [6.07, 6.45) is 1.46. The van der Waals surface area contributed by atoms with Gasteiger partial charge in [-0.15, -0.1) is 0 Å². The van der Waals surface area contributed by atoms with E-state index in [0.717, 1.165) is 23.7 Å². The maximum absolute atomic E-state index is 11.9. The minimum atomic E-state index is -0.405. The van der Waals surface area contributed by atoms with Crippen molar-refractivity contribution in [2.45, 2.75) is 19.8 Å². The Bertz CT molecular complexity index is 531. The van der Waals surface area contributed by atoms with Crippen molar-refractivity contribution in [3.8, 4) is 0 Å². The summed E-state index contributed by atoms with van der Waals surface area (Å²) < 4.78 is 6.57. The number of nitrogens with zero attached hydrogens (tertiary/aromatic N) is 1. The van der Waals surface area contributed by atoms with Crippen LogP contribution in [0.4, 0.5) is 10.6 Å². The quantitative estimate of drug-likeness (QED) is 0.827. The van der Waals surface area contributed by atoms with E-state index in [1.165, 1.54) is 4.57 Å². The molecule has 4 nitrogen and oxygen atoms in total. The molecule has 0 fully saturated rings. The SMILES string of the molecule is CCCCOC(=O)n1c(N)cc2ccccc21. The van der Waals surface area contributed by atoms with Gasteiger partial charge in [0.15, 0.2) is 0 Å². The average Bonchev–Trinajstić information content (AvgIpc) is 2.65. The van der Waals surface area contributed by atoms with Crippen molar-refractivity contribution in [1.29, 1.82) is 0 Å². The van der Waals surface area contributed by atoms with E-state index in [-0.39, 0.29) is 0 Å². The zero-order chi connectivity index (χ0) is 12.3. The zero-order valence-electron chi connectivity index (χ0n) is 9.85. The molecule has 0 aliphatic carbocycles. The van der Waals surface area contributed by atoms with E-state index in [1.54, 1.807) is 6.07 Å². The topological polar surface area (TPSA) is 57.2 Å². The lowest BCUT2D eigenvalue weighted by Gasteiger charge is -2.07. The Balaban J connectivity index is 2.28. The molecule has 0 atom stereocenters. The highest BCUT2D eigenvalue weighted by atomic mass is 16.5. The summed E-state index contributed by atoms with van der Waals surface area (Å²) in [7, 11) is 0. The fraction of sp³-hybridized carbons (Fsp3) is 0.308. The number of unbranched alkanes of at least 4 members (excludes halogenated alkanes) is 1. The highest BCUT2D eigenvalue weighted by Gasteiger charge is 2.13. The molecule has 0 unspecified atom stereocenters. The van der Waals surface area contributed by atoms with E-state index < -0.39 is 6.09 Å². The van der Waals surface area contributed by atoms with Gasteiger partial charge in [0, 0.05) is 5.39 Å². The predicted molar refractivity (Wildman–Crippen MR) is 68.0 cm³/mol. The fourth-order valence-electron chi connectivity index (χ4n) is 1.75. The summed E-state index contributed by atoms with van der Waals surface area (Å²) in [6, 6.07) is 9.33. The summed E-state index contributed by atoms with van der Waals surface area (Å²) in [5.41, 5.74) is 6.60. The standard InChI is InChI=1S/C13H16N2O2/c1-2-3-8-17-13(16)15-11-7-5-4-6-10(11)9-12(15)14/h4-7,9H,2-3,8,14H2,1H3. The molecule has 2 N–H and O–H groups in total. The van der Waals surface area contributed by atoms with Gasteiger partial charge in [0.1, 0.15) is 5.82 Å². The van der Waals surface area contributed by atoms with Crippen LogP contribution < -0.4 is 5.73 Å². The van der Waals surface area contributed by atoms with Gasteiger partial charge < -0.3 is 10.5 Å². The number of para-hydroxylation sites is 1. The Kier molecular flexibility index (Phi) is 3.32. The van der Waals surface area contributed by atoms with Crippen LogP contribution in [0.3, 0.4) is 0 Å². The number of rotatable bonds is 3. The number of hydrogen-bond donors (Lipinski definition) is 1. The molecule has 0 saturated heterocycles. The van der Waals surface area contributed by atoms with E-state index in [2.05, 4.69) is 0 Å². The molecule has 2 rings (SSSR count). The monoisotopic (exact) mass is 232 g/mol. The Morgan fingerprint density at radius 1 is 1.41 bits per heavy atom. The Morgan fingerprint density at radius 3 is 2.94 bits per heavy atom. The van der Waals surface area contributed by atoms with Crippen LogP contribution in [-0.4, -0.2) is 17.3 Å². The van der Waals surface area contributed by atoms with Gasteiger partial charge in [0.25, 0.3) is 0 Å². The van der Waals surface area contributed by atoms with Crippen LogP contribution in [0.25, 0.3) is 10.9 Å². The molecule has 4 heteroatoms. The summed E-state index contributed by atoms with van der Waals surface area (Å²) in [5, 5.41) is 0.942. The fourth-order valence-corrected chi connectivity index (χ4v) is 1.75. The van der Waals surface area contributed by atoms with Crippen LogP contribution in [0.2, 0.25) is 0 Å². The van der Waals surface area contributed by atoms with Crippen LogP contribution in [-0.2, 0) is 4.74 Å². The first-order valence-electron chi connectivity index (χ1n) is 5.77. The van der Waals surface area contributed by atoms with Gasteiger partial charge in [0.2, 0.25) is 0 Å². The lowest BCUT2D eigenvalue weighted by atomic mass is 10.2. The molecule has 1 aromatic heterocycles. The van der Waals surface area contributed by atoms with Crippen LogP contribution in [0.5, 0.6) is 0 Å². The number of hydrogen-bond acceptors (Lipinski definition) is 3. The minimum absolute atomic E-state index is 0.405. The number of anilines is 1. The van der Waals surface area contributed by atoms with Crippen molar-refractivity contribution in [3.63, 3.8) is 0 Å². The first kappa shape index (κ1) is 11.5. The normalized spacial score (nSPS) is 10.6. The van der Waals surface area contributed by atoms with Crippen molar-refractivity contribution in [2.24, 2.45) is 0 Å². The lowest BCUT2D eigenvalue weighted by molar-refractivity contribution is 0.148. The second-order valence-corrected chi connectivity index (χ2v) is 3.93. The molecule has 17 heavy (non-hydrogen) atoms. The van der Waals surface area contributed by atoms with E-state index >= 15 is 0 Å². The first-order chi connectivity index (χ1) is 8.24. The average molecular weight is 232 g/mol. The Labute approximate surface area is 100.0 Å². The largest absolute Gasteiger partial charge is 0.449 e. The summed E-state index contributed by atoms with van der Waals surface area (Å²) in [6.45, 7) is 2.48. The van der Waals surface area contributed by atoms with Crippen molar-refractivity contribution in [3.05, 3.63) is 30.3 Å². The number of carbonyl (C=O) groups excluding carboxylic acids is 1. The predicted octanol–water partition coefficient (Wildman–Crippen LogP) is 3.01. The molecular weight excluding hydrogens is 216 g/mol. The van der Waals surface area contributed by atoms with Gasteiger partial charge >= 0.3 is 6.09 Å². The third-order valence-electron chi connectivity index (χ3n) is 2.65. The second kappa shape index (κ2) is 4.91. The van der Waals surface area contributed by atoms with Crippen LogP contribution in [0.1, 0.15) is 19.8 Å². The van der Waals surface area contributed by atoms with Crippen LogP contribution >= 0.6 is 0 Å². The Hall–Kier alpha value is -1.97. The van der Waals surface area contributed by atoms with Crippen molar-refractivity contribution < 1.29 is 9.53 Å². The van der Waals surface area contributed by atoms with Gasteiger partial charge in [-0.2, -0.15) is 0 Å². The first-order valence-corrected chi connectivity index (χ1v) is 5.77. The molecule has 0 aliphatic rings. The minimum Gasteiger partial charge on any atom is -0.449 e. The maximum atomic E-state index is 11.9. The molecule has 0 spiro atoms. The maximum Gasteiger partial charge on any atom is 0.420 e. The molecule has 0 radical (unpaired) electrons. The molecule has 0 bridgehead atoms. The summed E-state index contributed by atoms with van der Waals surface area (Å²) in [4.78, 5) is 11.9. The van der Waals surface area contributed by atoms with Crippen LogP contribution in [0, 0.1) is 0 Å². The second-order valence-electron chi connectivity index (χ2n) is 3.93. The molecule has 0 amide bonds. The third-order valence-corrected chi connectivity index (χ3v) is 2.65. The van der Waals surface area contributed by atoms with Crippen molar-refractivity contribution in [2.75, 3.05) is 12.3 Å². The third kappa shape index (κ3) is 2.25. The van der Waals surface area contributed by atoms with Crippen molar-refractivity contribution in [1.82, 2.24) is 4.57 Å². The van der Waals surface area contributed by atoms with Gasteiger partial charge in [-0.3, -0.25) is 0 Å². The smallest absolute Gasteiger partial charge is 0.420 e. The number of nitrogens with two attached hydrogens (primary N) is 1. The van der Waals surface area contributed by atoms with Gasteiger partial charge in [-0.1, -0.05) is 31.5 Å². The number of ether oxygens (including phenoxy) is 1. The van der Waals surface area contributed by atoms with Gasteiger partial charge in [-0.25, -0.2) is 9.36 Å². The Morgan fingerprint density at radius 2 is 2.18 bits per heavy atom. The van der Waals surface area contributed by atoms with Gasteiger partial charge in [-0.05, 0) is 18.6 Å². The molecular formula is C13H16N2O2. The molecule has 0 saturated carbocycles. The summed E-state index contributed by atoms with van der Waals surface area (Å²) >= 11 is 0. The van der Waals surface area contributed by atoms with E-state index in [9.17, 15) is 4.79 Å². The summed E-state index contributed by atoms with van der Waals surface area (Å²) in [5.74, 6) is 0.410. The molecule has 1 heterocycles. The van der Waals surface area contributed by atoms with E-state index in [4.69, 9.17) is 10.5 Å².